The minimum absolute atomic E-state index is 0.571. The second-order valence-corrected chi connectivity index (χ2v) is 5.29. The maximum absolute atomic E-state index is 4.43. The molecule has 1 aliphatic carbocycles. The van der Waals surface area contributed by atoms with E-state index in [1.165, 1.54) is 12.8 Å². The van der Waals surface area contributed by atoms with Crippen LogP contribution in [-0.2, 0) is 0 Å². The zero-order chi connectivity index (χ0) is 13.2. The number of para-hydroxylation sites is 1. The summed E-state index contributed by atoms with van der Waals surface area (Å²) in [6.45, 7) is 4.17. The summed E-state index contributed by atoms with van der Waals surface area (Å²) >= 11 is 0. The quantitative estimate of drug-likeness (QED) is 0.862. The molecule has 19 heavy (non-hydrogen) atoms. The zero-order valence-corrected chi connectivity index (χ0v) is 11.5. The van der Waals surface area contributed by atoms with Crippen LogP contribution < -0.4 is 5.32 Å². The van der Waals surface area contributed by atoms with Crippen molar-refractivity contribution in [3.63, 3.8) is 0 Å². The highest BCUT2D eigenvalue weighted by molar-refractivity contribution is 5.73. The van der Waals surface area contributed by atoms with Crippen LogP contribution in [0.4, 0.5) is 5.69 Å². The number of nitrogens with zero attached hydrogens (tertiary/aromatic N) is 2. The summed E-state index contributed by atoms with van der Waals surface area (Å²) in [6, 6.07) is 8.85. The molecule has 4 nitrogen and oxygen atoms in total. The van der Waals surface area contributed by atoms with E-state index in [1.807, 2.05) is 13.0 Å². The summed E-state index contributed by atoms with van der Waals surface area (Å²) < 4.78 is 0. The standard InChI is InChI=1S/C15H20N4/c1-3-13(11-8-9-11)17-14-7-5-4-6-12(14)15-16-10(2)18-19-15/h4-7,11,13,17H,3,8-9H2,1-2H3,(H,16,18,19). The second-order valence-electron chi connectivity index (χ2n) is 5.29. The van der Waals surface area contributed by atoms with Gasteiger partial charge in [0.15, 0.2) is 5.82 Å². The van der Waals surface area contributed by atoms with Gasteiger partial charge in [0.25, 0.3) is 0 Å². The highest BCUT2D eigenvalue weighted by atomic mass is 15.2. The van der Waals surface area contributed by atoms with Gasteiger partial charge in [0.05, 0.1) is 0 Å². The highest BCUT2D eigenvalue weighted by Crippen LogP contribution is 2.37. The molecule has 3 rings (SSSR count). The first-order valence-corrected chi connectivity index (χ1v) is 7.03. The van der Waals surface area contributed by atoms with Crippen LogP contribution in [0.25, 0.3) is 11.4 Å². The van der Waals surface area contributed by atoms with Crippen molar-refractivity contribution < 1.29 is 0 Å². The summed E-state index contributed by atoms with van der Waals surface area (Å²) in [6.07, 6.45) is 3.87. The Kier molecular flexibility index (Phi) is 3.23. The Morgan fingerprint density at radius 1 is 1.37 bits per heavy atom. The number of benzene rings is 1. The number of H-pyrrole nitrogens is 1. The van der Waals surface area contributed by atoms with Crippen LogP contribution >= 0.6 is 0 Å². The maximum Gasteiger partial charge on any atom is 0.183 e. The fourth-order valence-corrected chi connectivity index (χ4v) is 2.52. The zero-order valence-electron chi connectivity index (χ0n) is 11.5. The van der Waals surface area contributed by atoms with Gasteiger partial charge in [-0.15, -0.1) is 0 Å². The Morgan fingerprint density at radius 3 is 2.79 bits per heavy atom. The molecule has 0 amide bonds. The van der Waals surface area contributed by atoms with Crippen molar-refractivity contribution in [1.29, 1.82) is 0 Å². The molecule has 0 radical (unpaired) electrons. The largest absolute Gasteiger partial charge is 0.381 e. The molecule has 1 atom stereocenters. The van der Waals surface area contributed by atoms with E-state index in [0.717, 1.165) is 35.2 Å². The minimum Gasteiger partial charge on any atom is -0.381 e. The predicted molar refractivity (Wildman–Crippen MR) is 77.0 cm³/mol. The first-order chi connectivity index (χ1) is 9.28. The minimum atomic E-state index is 0.571. The Morgan fingerprint density at radius 2 is 2.16 bits per heavy atom. The molecule has 100 valence electrons. The third kappa shape index (κ3) is 2.62. The lowest BCUT2D eigenvalue weighted by molar-refractivity contribution is 0.617. The fourth-order valence-electron chi connectivity index (χ4n) is 2.52. The third-order valence-electron chi connectivity index (χ3n) is 3.74. The van der Waals surface area contributed by atoms with Crippen molar-refractivity contribution in [3.8, 4) is 11.4 Å². The first-order valence-electron chi connectivity index (χ1n) is 7.03. The van der Waals surface area contributed by atoms with Crippen LogP contribution in [0.3, 0.4) is 0 Å². The number of aromatic nitrogens is 3. The lowest BCUT2D eigenvalue weighted by Crippen LogP contribution is -2.21. The van der Waals surface area contributed by atoms with Gasteiger partial charge < -0.3 is 5.32 Å². The number of nitrogens with one attached hydrogen (secondary N) is 2. The van der Waals surface area contributed by atoms with E-state index in [-0.39, 0.29) is 0 Å². The molecule has 2 aromatic rings. The van der Waals surface area contributed by atoms with Crippen molar-refractivity contribution in [2.24, 2.45) is 5.92 Å². The number of hydrogen-bond donors (Lipinski definition) is 2. The number of aryl methyl sites for hydroxylation is 1. The van der Waals surface area contributed by atoms with Gasteiger partial charge in [-0.1, -0.05) is 19.1 Å². The van der Waals surface area contributed by atoms with Crippen LogP contribution in [0.15, 0.2) is 24.3 Å². The van der Waals surface area contributed by atoms with Gasteiger partial charge in [-0.2, -0.15) is 5.10 Å². The maximum atomic E-state index is 4.43. The predicted octanol–water partition coefficient (Wildman–Crippen LogP) is 3.38. The highest BCUT2D eigenvalue weighted by Gasteiger charge is 2.30. The lowest BCUT2D eigenvalue weighted by atomic mass is 10.1. The summed E-state index contributed by atoms with van der Waals surface area (Å²) in [4.78, 5) is 4.43. The average Bonchev–Trinajstić information content (AvgIpc) is 3.18. The number of aromatic amines is 1. The molecule has 1 aliphatic rings. The first kappa shape index (κ1) is 12.2. The molecule has 0 aliphatic heterocycles. The van der Waals surface area contributed by atoms with Crippen LogP contribution in [0.5, 0.6) is 0 Å². The molecule has 4 heteroatoms. The molecule has 1 saturated carbocycles. The number of rotatable bonds is 5. The molecule has 1 heterocycles. The molecule has 1 unspecified atom stereocenters. The summed E-state index contributed by atoms with van der Waals surface area (Å²) in [5, 5.41) is 10.8. The normalized spacial score (nSPS) is 16.3. The lowest BCUT2D eigenvalue weighted by Gasteiger charge is -2.19. The van der Waals surface area contributed by atoms with Crippen LogP contribution in [0.1, 0.15) is 32.0 Å². The molecule has 0 bridgehead atoms. The van der Waals surface area contributed by atoms with Crippen molar-refractivity contribution in [2.75, 3.05) is 5.32 Å². The van der Waals surface area contributed by atoms with Crippen molar-refractivity contribution in [3.05, 3.63) is 30.1 Å². The summed E-state index contributed by atoms with van der Waals surface area (Å²) in [5.74, 6) is 2.46. The van der Waals surface area contributed by atoms with E-state index in [2.05, 4.69) is 45.6 Å². The van der Waals surface area contributed by atoms with E-state index < -0.39 is 0 Å². The summed E-state index contributed by atoms with van der Waals surface area (Å²) in [7, 11) is 0. The van der Waals surface area contributed by atoms with Gasteiger partial charge in [0.1, 0.15) is 5.82 Å². The van der Waals surface area contributed by atoms with E-state index >= 15 is 0 Å². The topological polar surface area (TPSA) is 53.6 Å². The Balaban J connectivity index is 1.88. The van der Waals surface area contributed by atoms with Gasteiger partial charge in [-0.3, -0.25) is 5.10 Å². The Labute approximate surface area is 113 Å². The SMILES string of the molecule is CCC(Nc1ccccc1-c1n[nH]c(C)n1)C1CC1. The van der Waals surface area contributed by atoms with Gasteiger partial charge in [-0.05, 0) is 44.2 Å². The summed E-state index contributed by atoms with van der Waals surface area (Å²) in [5.41, 5.74) is 2.21. The van der Waals surface area contributed by atoms with Gasteiger partial charge in [0.2, 0.25) is 0 Å². The number of anilines is 1. The van der Waals surface area contributed by atoms with Crippen molar-refractivity contribution in [1.82, 2.24) is 15.2 Å². The van der Waals surface area contributed by atoms with Gasteiger partial charge >= 0.3 is 0 Å². The molecule has 0 spiro atoms. The molecule has 1 fully saturated rings. The van der Waals surface area contributed by atoms with Gasteiger partial charge in [-0.25, -0.2) is 4.98 Å². The fraction of sp³-hybridized carbons (Fsp3) is 0.467. The van der Waals surface area contributed by atoms with E-state index in [0.29, 0.717) is 6.04 Å². The van der Waals surface area contributed by atoms with Crippen molar-refractivity contribution in [2.45, 2.75) is 39.2 Å². The smallest absolute Gasteiger partial charge is 0.183 e. The Bertz CT molecular complexity index is 557. The van der Waals surface area contributed by atoms with Gasteiger partial charge in [0, 0.05) is 17.3 Å². The molecule has 2 N–H and O–H groups in total. The van der Waals surface area contributed by atoms with E-state index in [4.69, 9.17) is 0 Å². The van der Waals surface area contributed by atoms with Crippen LogP contribution in [0.2, 0.25) is 0 Å². The second kappa shape index (κ2) is 5.03. The molecule has 1 aromatic carbocycles. The molecular formula is C15H20N4. The van der Waals surface area contributed by atoms with E-state index in [1.54, 1.807) is 0 Å². The van der Waals surface area contributed by atoms with E-state index in [9.17, 15) is 0 Å². The molecule has 0 saturated heterocycles. The monoisotopic (exact) mass is 256 g/mol. The van der Waals surface area contributed by atoms with Crippen molar-refractivity contribution >= 4 is 5.69 Å². The average molecular weight is 256 g/mol. The molecule has 1 aromatic heterocycles. The number of hydrogen-bond acceptors (Lipinski definition) is 3. The van der Waals surface area contributed by atoms with Crippen LogP contribution in [-0.4, -0.2) is 21.2 Å². The Hall–Kier alpha value is -1.84. The third-order valence-corrected chi connectivity index (χ3v) is 3.74. The molecular weight excluding hydrogens is 236 g/mol. The van der Waals surface area contributed by atoms with Crippen LogP contribution in [0, 0.1) is 12.8 Å².